The van der Waals surface area contributed by atoms with Gasteiger partial charge in [-0.05, 0) is 50.2 Å². The fourth-order valence-corrected chi connectivity index (χ4v) is 4.46. The fraction of sp³-hybridized carbons (Fsp3) is 0.120. The zero-order valence-corrected chi connectivity index (χ0v) is 18.1. The summed E-state index contributed by atoms with van der Waals surface area (Å²) in [7, 11) is 0. The molecule has 5 aromatic rings. The SMILES string of the molecule is CC1(C)Oc2cc(-c3nc4ccccc4[nH]3)ccc2-c2nc(-c3c(F)cccc3Cl)[nH]c21. The zero-order valence-electron chi connectivity index (χ0n) is 17.3. The van der Waals surface area contributed by atoms with Crippen LogP contribution in [0.3, 0.4) is 0 Å². The molecule has 2 N–H and O–H groups in total. The van der Waals surface area contributed by atoms with E-state index in [-0.39, 0.29) is 5.56 Å². The fourth-order valence-electron chi connectivity index (χ4n) is 4.21. The second kappa shape index (κ2) is 6.68. The minimum atomic E-state index is -0.697. The first kappa shape index (κ1) is 19.1. The van der Waals surface area contributed by atoms with Crippen molar-refractivity contribution >= 4 is 22.6 Å². The number of hydrogen-bond donors (Lipinski definition) is 2. The Morgan fingerprint density at radius 2 is 1.78 bits per heavy atom. The summed E-state index contributed by atoms with van der Waals surface area (Å²) in [6.07, 6.45) is 0. The number of H-pyrrole nitrogens is 2. The summed E-state index contributed by atoms with van der Waals surface area (Å²) in [6.45, 7) is 3.90. The molecule has 6 rings (SSSR count). The van der Waals surface area contributed by atoms with E-state index < -0.39 is 11.4 Å². The monoisotopic (exact) mass is 444 g/mol. The average molecular weight is 445 g/mol. The number of halogens is 2. The van der Waals surface area contributed by atoms with Gasteiger partial charge in [0.2, 0.25) is 0 Å². The molecule has 2 aromatic heterocycles. The molecule has 0 amide bonds. The first-order valence-corrected chi connectivity index (χ1v) is 10.6. The molecule has 0 saturated carbocycles. The van der Waals surface area contributed by atoms with Crippen LogP contribution < -0.4 is 4.74 Å². The molecule has 7 heteroatoms. The van der Waals surface area contributed by atoms with E-state index >= 15 is 0 Å². The highest BCUT2D eigenvalue weighted by molar-refractivity contribution is 6.33. The van der Waals surface area contributed by atoms with E-state index in [1.807, 2.05) is 56.3 Å². The van der Waals surface area contributed by atoms with Crippen molar-refractivity contribution < 1.29 is 9.13 Å². The molecule has 5 nitrogen and oxygen atoms in total. The predicted octanol–water partition coefficient (Wildman–Crippen LogP) is 6.71. The van der Waals surface area contributed by atoms with Gasteiger partial charge in [0.1, 0.15) is 28.8 Å². The normalized spacial score (nSPS) is 14.1. The van der Waals surface area contributed by atoms with Crippen LogP contribution in [0.5, 0.6) is 5.75 Å². The Bertz CT molecular complexity index is 1460. The number of imidazole rings is 2. The second-order valence-electron chi connectivity index (χ2n) is 8.33. The van der Waals surface area contributed by atoms with E-state index in [4.69, 9.17) is 21.3 Å². The highest BCUT2D eigenvalue weighted by atomic mass is 35.5. The number of rotatable bonds is 2. The third kappa shape index (κ3) is 2.83. The van der Waals surface area contributed by atoms with Crippen molar-refractivity contribution in [2.45, 2.75) is 19.4 Å². The molecule has 0 radical (unpaired) electrons. The minimum Gasteiger partial charge on any atom is -0.481 e. The number of para-hydroxylation sites is 2. The Morgan fingerprint density at radius 1 is 0.938 bits per heavy atom. The molecule has 1 aliphatic heterocycles. The van der Waals surface area contributed by atoms with Crippen LogP contribution in [-0.4, -0.2) is 19.9 Å². The van der Waals surface area contributed by atoms with E-state index in [0.717, 1.165) is 39.4 Å². The molecule has 1 aliphatic rings. The van der Waals surface area contributed by atoms with Crippen molar-refractivity contribution in [3.63, 3.8) is 0 Å². The summed E-state index contributed by atoms with van der Waals surface area (Å²) in [5.41, 5.74) is 4.67. The van der Waals surface area contributed by atoms with Crippen LogP contribution in [0.2, 0.25) is 5.02 Å². The molecule has 32 heavy (non-hydrogen) atoms. The Labute approximate surface area is 188 Å². The van der Waals surface area contributed by atoms with Crippen molar-refractivity contribution in [1.29, 1.82) is 0 Å². The average Bonchev–Trinajstić information content (AvgIpc) is 3.38. The van der Waals surface area contributed by atoms with Crippen LogP contribution in [0.15, 0.2) is 60.7 Å². The summed E-state index contributed by atoms with van der Waals surface area (Å²) >= 11 is 6.28. The van der Waals surface area contributed by atoms with Gasteiger partial charge in [-0.25, -0.2) is 14.4 Å². The van der Waals surface area contributed by atoms with Gasteiger partial charge in [-0.15, -0.1) is 0 Å². The predicted molar refractivity (Wildman–Crippen MR) is 123 cm³/mol. The first-order valence-electron chi connectivity index (χ1n) is 10.2. The van der Waals surface area contributed by atoms with Crippen LogP contribution in [-0.2, 0) is 5.60 Å². The maximum absolute atomic E-state index is 14.5. The maximum Gasteiger partial charge on any atom is 0.145 e. The number of nitrogens with one attached hydrogen (secondary N) is 2. The van der Waals surface area contributed by atoms with Gasteiger partial charge in [-0.2, -0.15) is 0 Å². The quantitative estimate of drug-likeness (QED) is 0.318. The molecule has 3 aromatic carbocycles. The summed E-state index contributed by atoms with van der Waals surface area (Å²) in [6, 6.07) is 18.4. The van der Waals surface area contributed by atoms with E-state index in [2.05, 4.69) is 15.0 Å². The van der Waals surface area contributed by atoms with Crippen molar-refractivity contribution in [2.75, 3.05) is 0 Å². The molecular weight excluding hydrogens is 427 g/mol. The lowest BCUT2D eigenvalue weighted by Gasteiger charge is -2.32. The Hall–Kier alpha value is -3.64. The summed E-state index contributed by atoms with van der Waals surface area (Å²) in [4.78, 5) is 16.0. The third-order valence-corrected chi connectivity index (χ3v) is 6.09. The maximum atomic E-state index is 14.5. The van der Waals surface area contributed by atoms with Gasteiger partial charge in [0.25, 0.3) is 0 Å². The topological polar surface area (TPSA) is 66.6 Å². The summed E-state index contributed by atoms with van der Waals surface area (Å²) in [5, 5.41) is 0.301. The molecule has 0 spiro atoms. The molecule has 0 atom stereocenters. The second-order valence-corrected chi connectivity index (χ2v) is 8.74. The number of aromatic nitrogens is 4. The van der Waals surface area contributed by atoms with Crippen LogP contribution in [0, 0.1) is 5.82 Å². The molecule has 0 unspecified atom stereocenters. The highest BCUT2D eigenvalue weighted by Crippen LogP contribution is 2.46. The van der Waals surface area contributed by atoms with Crippen molar-refractivity contribution in [3.8, 4) is 39.8 Å². The van der Waals surface area contributed by atoms with Gasteiger partial charge in [0, 0.05) is 11.1 Å². The van der Waals surface area contributed by atoms with Crippen molar-refractivity contribution in [2.24, 2.45) is 0 Å². The number of aromatic amines is 2. The molecule has 0 bridgehead atoms. The summed E-state index contributed by atoms with van der Waals surface area (Å²) < 4.78 is 20.9. The largest absolute Gasteiger partial charge is 0.481 e. The van der Waals surface area contributed by atoms with Crippen molar-refractivity contribution in [3.05, 3.63) is 77.2 Å². The first-order chi connectivity index (χ1) is 15.4. The Morgan fingerprint density at radius 3 is 2.59 bits per heavy atom. The minimum absolute atomic E-state index is 0.250. The van der Waals surface area contributed by atoms with E-state index in [1.54, 1.807) is 12.1 Å². The highest BCUT2D eigenvalue weighted by Gasteiger charge is 2.36. The molecule has 0 saturated heterocycles. The van der Waals surface area contributed by atoms with Gasteiger partial charge in [-0.3, -0.25) is 0 Å². The summed E-state index contributed by atoms with van der Waals surface area (Å²) in [5.74, 6) is 1.41. The third-order valence-electron chi connectivity index (χ3n) is 5.77. The van der Waals surface area contributed by atoms with Gasteiger partial charge < -0.3 is 14.7 Å². The van der Waals surface area contributed by atoms with Crippen LogP contribution in [0.25, 0.3) is 45.1 Å². The lowest BCUT2D eigenvalue weighted by molar-refractivity contribution is 0.101. The smallest absolute Gasteiger partial charge is 0.145 e. The lowest BCUT2D eigenvalue weighted by Crippen LogP contribution is -2.29. The zero-order chi connectivity index (χ0) is 22.0. The number of fused-ring (bicyclic) bond motifs is 4. The van der Waals surface area contributed by atoms with E-state index in [9.17, 15) is 4.39 Å². The van der Waals surface area contributed by atoms with Gasteiger partial charge in [0.05, 0.1) is 33.0 Å². The molecule has 3 heterocycles. The standard InChI is InChI=1S/C25H18ClFN4O/c1-25(2)22-21(30-24(31-22)20-15(26)6-5-7-16(20)27)14-11-10-13(12-19(14)32-25)23-28-17-8-3-4-9-18(17)29-23/h3-12H,1-2H3,(H,28,29)(H,30,31). The number of ether oxygens (including phenoxy) is 1. The molecule has 158 valence electrons. The van der Waals surface area contributed by atoms with Gasteiger partial charge >= 0.3 is 0 Å². The lowest BCUT2D eigenvalue weighted by atomic mass is 9.94. The van der Waals surface area contributed by atoms with Crippen LogP contribution >= 0.6 is 11.6 Å². The number of nitrogens with zero attached hydrogens (tertiary/aromatic N) is 2. The Kier molecular flexibility index (Phi) is 3.98. The van der Waals surface area contributed by atoms with E-state index in [1.165, 1.54) is 6.07 Å². The molecule has 0 fully saturated rings. The number of benzene rings is 3. The van der Waals surface area contributed by atoms with Crippen molar-refractivity contribution in [1.82, 2.24) is 19.9 Å². The van der Waals surface area contributed by atoms with Gasteiger partial charge in [0.15, 0.2) is 0 Å². The van der Waals surface area contributed by atoms with Gasteiger partial charge in [-0.1, -0.05) is 35.9 Å². The van der Waals surface area contributed by atoms with Crippen LogP contribution in [0.4, 0.5) is 4.39 Å². The Balaban J connectivity index is 1.50. The number of hydrogen-bond acceptors (Lipinski definition) is 3. The van der Waals surface area contributed by atoms with Crippen LogP contribution in [0.1, 0.15) is 19.5 Å². The molecule has 0 aliphatic carbocycles. The molecular formula is C25H18ClFN4O. The van der Waals surface area contributed by atoms with E-state index in [0.29, 0.717) is 16.6 Å².